The molecule has 2 aliphatic heterocycles. The van der Waals surface area contributed by atoms with Crippen molar-refractivity contribution in [3.63, 3.8) is 0 Å². The van der Waals surface area contributed by atoms with Crippen molar-refractivity contribution < 1.29 is 14.2 Å². The lowest BCUT2D eigenvalue weighted by Crippen LogP contribution is -2.40. The highest BCUT2D eigenvalue weighted by atomic mass is 19.1. The van der Waals surface area contributed by atoms with Gasteiger partial charge in [-0.25, -0.2) is 9.37 Å². The van der Waals surface area contributed by atoms with Crippen LogP contribution >= 0.6 is 0 Å². The van der Waals surface area contributed by atoms with E-state index in [1.165, 1.54) is 12.1 Å². The van der Waals surface area contributed by atoms with Gasteiger partial charge < -0.3 is 20.1 Å². The number of pyridine rings is 2. The minimum atomic E-state index is -0.694. The van der Waals surface area contributed by atoms with E-state index in [0.29, 0.717) is 41.7 Å². The van der Waals surface area contributed by atoms with E-state index in [1.807, 2.05) is 24.3 Å². The molecule has 2 unspecified atom stereocenters. The summed E-state index contributed by atoms with van der Waals surface area (Å²) in [6.45, 7) is 5.13. The number of benzene rings is 1. The fraction of sp³-hybridized carbons (Fsp3) is 0.200. The Labute approximate surface area is 194 Å². The maximum Gasteiger partial charge on any atom is 0.215 e. The summed E-state index contributed by atoms with van der Waals surface area (Å²) in [6.07, 6.45) is 4.22. The van der Waals surface area contributed by atoms with Crippen LogP contribution in [0.15, 0.2) is 55.2 Å². The number of hydrogen-bond donors (Lipinski definition) is 2. The third-order valence-electron chi connectivity index (χ3n) is 6.29. The Morgan fingerprint density at radius 3 is 3.00 bits per heavy atom. The third-order valence-corrected chi connectivity index (χ3v) is 6.29. The molecule has 1 aromatic carbocycles. The first-order valence-corrected chi connectivity index (χ1v) is 11.0. The summed E-state index contributed by atoms with van der Waals surface area (Å²) in [5, 5.41) is 22.9. The lowest BCUT2D eigenvalue weighted by molar-refractivity contribution is 0.213. The number of aromatic nitrogens is 4. The zero-order chi connectivity index (χ0) is 23.2. The largest absolute Gasteiger partial charge is 0.504 e. The third kappa shape index (κ3) is 3.45. The second-order valence-corrected chi connectivity index (χ2v) is 8.43. The lowest BCUT2D eigenvalue weighted by atomic mass is 10.1. The van der Waals surface area contributed by atoms with Gasteiger partial charge in [0.05, 0.1) is 24.0 Å². The zero-order valence-corrected chi connectivity index (χ0v) is 18.1. The molecule has 34 heavy (non-hydrogen) atoms. The molecule has 0 bridgehead atoms. The van der Waals surface area contributed by atoms with Gasteiger partial charge in [0.25, 0.3) is 0 Å². The standard InChI is InChI=1S/C25H21FN6O2/c1-2-14-8-15-6-7-22(29-24(15)27-11-14)34-17-9-16-12-28-25-21(32(16)13-17)10-20(30-31-25)18-4-3-5-19(26)23(18)33/h2-8,10-11,16-17,33H,1,9,12-13H2,(H,28,31). The number of ether oxygens (including phenoxy) is 1. The summed E-state index contributed by atoms with van der Waals surface area (Å²) in [6, 6.07) is 12.2. The normalized spacial score (nSPS) is 18.8. The quantitative estimate of drug-likeness (QED) is 0.475. The highest BCUT2D eigenvalue weighted by Crippen LogP contribution is 2.39. The molecule has 9 heteroatoms. The van der Waals surface area contributed by atoms with Crippen molar-refractivity contribution in [3.05, 3.63) is 66.6 Å². The van der Waals surface area contributed by atoms with Crippen LogP contribution in [0.1, 0.15) is 12.0 Å². The summed E-state index contributed by atoms with van der Waals surface area (Å²) >= 11 is 0. The zero-order valence-electron chi connectivity index (χ0n) is 18.1. The van der Waals surface area contributed by atoms with Gasteiger partial charge in [0, 0.05) is 36.2 Å². The maximum absolute atomic E-state index is 13.9. The molecule has 8 nitrogen and oxygen atoms in total. The monoisotopic (exact) mass is 456 g/mol. The first-order valence-electron chi connectivity index (χ1n) is 11.0. The number of nitrogens with zero attached hydrogens (tertiary/aromatic N) is 5. The van der Waals surface area contributed by atoms with Gasteiger partial charge in [-0.15, -0.1) is 10.2 Å². The molecule has 6 rings (SSSR count). The predicted molar refractivity (Wildman–Crippen MR) is 127 cm³/mol. The van der Waals surface area contributed by atoms with E-state index in [2.05, 4.69) is 37.0 Å². The van der Waals surface area contributed by atoms with Crippen molar-refractivity contribution >= 4 is 28.6 Å². The molecule has 0 amide bonds. The molecule has 0 aliphatic carbocycles. The molecule has 4 aromatic rings. The van der Waals surface area contributed by atoms with Crippen LogP contribution in [0, 0.1) is 5.82 Å². The summed E-state index contributed by atoms with van der Waals surface area (Å²) in [7, 11) is 0. The number of para-hydroxylation sites is 1. The number of phenols is 1. The second kappa shape index (κ2) is 7.95. The molecule has 0 spiro atoms. The lowest BCUT2D eigenvalue weighted by Gasteiger charge is -2.33. The van der Waals surface area contributed by atoms with Crippen molar-refractivity contribution in [1.29, 1.82) is 0 Å². The van der Waals surface area contributed by atoms with E-state index in [1.54, 1.807) is 18.3 Å². The van der Waals surface area contributed by atoms with Gasteiger partial charge in [-0.1, -0.05) is 18.7 Å². The van der Waals surface area contributed by atoms with E-state index in [9.17, 15) is 9.50 Å². The summed E-state index contributed by atoms with van der Waals surface area (Å²) in [5.74, 6) is 0.0573. The molecule has 3 aromatic heterocycles. The molecule has 2 N–H and O–H groups in total. The van der Waals surface area contributed by atoms with E-state index in [0.717, 1.165) is 23.1 Å². The van der Waals surface area contributed by atoms with Gasteiger partial charge in [-0.05, 0) is 35.9 Å². The molecular weight excluding hydrogens is 435 g/mol. The molecule has 0 radical (unpaired) electrons. The Morgan fingerprint density at radius 2 is 2.12 bits per heavy atom. The van der Waals surface area contributed by atoms with Crippen molar-refractivity contribution in [2.45, 2.75) is 18.6 Å². The number of anilines is 2. The molecule has 1 fully saturated rings. The van der Waals surface area contributed by atoms with Crippen LogP contribution in [-0.4, -0.2) is 50.5 Å². The number of rotatable bonds is 4. The number of aromatic hydroxyl groups is 1. The van der Waals surface area contributed by atoms with Crippen LogP contribution in [-0.2, 0) is 0 Å². The topological polar surface area (TPSA) is 96.3 Å². The summed E-state index contributed by atoms with van der Waals surface area (Å²) in [4.78, 5) is 11.2. The fourth-order valence-electron chi connectivity index (χ4n) is 4.60. The number of halogens is 1. The Hall–Kier alpha value is -4.27. The van der Waals surface area contributed by atoms with Gasteiger partial charge >= 0.3 is 0 Å². The fourth-order valence-corrected chi connectivity index (χ4v) is 4.60. The second-order valence-electron chi connectivity index (χ2n) is 8.43. The van der Waals surface area contributed by atoms with Gasteiger partial charge in [0.1, 0.15) is 6.10 Å². The van der Waals surface area contributed by atoms with Gasteiger partial charge in [-0.2, -0.15) is 4.98 Å². The van der Waals surface area contributed by atoms with Crippen molar-refractivity contribution in [3.8, 4) is 22.9 Å². The Balaban J connectivity index is 1.25. The predicted octanol–water partition coefficient (Wildman–Crippen LogP) is 4.03. The Kier molecular flexibility index (Phi) is 4.75. The number of phenolic OH excluding ortho intramolecular Hbond substituents is 1. The molecular formula is C25H21FN6O2. The van der Waals surface area contributed by atoms with Crippen molar-refractivity contribution in [2.75, 3.05) is 23.3 Å². The maximum atomic E-state index is 13.9. The molecule has 0 saturated carbocycles. The van der Waals surface area contributed by atoms with Crippen LogP contribution in [0.2, 0.25) is 0 Å². The van der Waals surface area contributed by atoms with Crippen LogP contribution in [0.4, 0.5) is 15.9 Å². The van der Waals surface area contributed by atoms with Gasteiger partial charge in [0.15, 0.2) is 23.0 Å². The van der Waals surface area contributed by atoms with E-state index in [4.69, 9.17) is 4.74 Å². The van der Waals surface area contributed by atoms with E-state index >= 15 is 0 Å². The Bertz CT molecular complexity index is 1430. The highest BCUT2D eigenvalue weighted by molar-refractivity contribution is 5.78. The summed E-state index contributed by atoms with van der Waals surface area (Å²) < 4.78 is 20.1. The Morgan fingerprint density at radius 1 is 1.21 bits per heavy atom. The first kappa shape index (κ1) is 20.3. The average Bonchev–Trinajstić information content (AvgIpc) is 3.28. The van der Waals surface area contributed by atoms with Crippen LogP contribution in [0.5, 0.6) is 11.6 Å². The summed E-state index contributed by atoms with van der Waals surface area (Å²) in [5.41, 5.74) is 3.12. The SMILES string of the molecule is C=Cc1cnc2nc(OC3CC4CNc5nnc(-c6cccc(F)c6O)cc5N4C3)ccc2c1. The first-order chi connectivity index (χ1) is 16.6. The highest BCUT2D eigenvalue weighted by Gasteiger charge is 2.38. The molecule has 170 valence electrons. The molecule has 2 atom stereocenters. The smallest absolute Gasteiger partial charge is 0.215 e. The molecule has 5 heterocycles. The van der Waals surface area contributed by atoms with Crippen LogP contribution in [0.25, 0.3) is 28.4 Å². The number of fused-ring (bicyclic) bond motifs is 4. The minimum Gasteiger partial charge on any atom is -0.504 e. The number of nitrogens with one attached hydrogen (secondary N) is 1. The van der Waals surface area contributed by atoms with Crippen molar-refractivity contribution in [1.82, 2.24) is 20.2 Å². The minimum absolute atomic E-state index is 0.0747. The van der Waals surface area contributed by atoms with Crippen molar-refractivity contribution in [2.24, 2.45) is 0 Å². The van der Waals surface area contributed by atoms with Gasteiger partial charge in [-0.3, -0.25) is 0 Å². The van der Waals surface area contributed by atoms with E-state index in [-0.39, 0.29) is 12.1 Å². The van der Waals surface area contributed by atoms with E-state index < -0.39 is 11.6 Å². The van der Waals surface area contributed by atoms with Crippen LogP contribution < -0.4 is 15.0 Å². The number of hydrogen-bond acceptors (Lipinski definition) is 8. The van der Waals surface area contributed by atoms with Crippen LogP contribution in [0.3, 0.4) is 0 Å². The van der Waals surface area contributed by atoms with Gasteiger partial charge in [0.2, 0.25) is 5.88 Å². The molecule has 2 aliphatic rings. The molecule has 1 saturated heterocycles. The average molecular weight is 456 g/mol.